The van der Waals surface area contributed by atoms with Crippen molar-refractivity contribution < 1.29 is 28.4 Å². The zero-order valence-corrected chi connectivity index (χ0v) is 12.4. The van der Waals surface area contributed by atoms with Crippen LogP contribution in [0, 0.1) is 16.0 Å². The van der Waals surface area contributed by atoms with Crippen molar-refractivity contribution in [2.45, 2.75) is 32.0 Å². The van der Waals surface area contributed by atoms with E-state index in [2.05, 4.69) is 0 Å². The number of esters is 2. The lowest BCUT2D eigenvalue weighted by Gasteiger charge is -2.14. The molecule has 0 saturated heterocycles. The Labute approximate surface area is 131 Å². The van der Waals surface area contributed by atoms with Crippen molar-refractivity contribution in [3.8, 4) is 0 Å². The molecule has 0 aromatic heterocycles. The predicted octanol–water partition coefficient (Wildman–Crippen LogP) is 2.43. The molecule has 0 bridgehead atoms. The monoisotopic (exact) mass is 325 g/mol. The van der Waals surface area contributed by atoms with E-state index in [4.69, 9.17) is 9.47 Å². The molecule has 1 aromatic rings. The van der Waals surface area contributed by atoms with Gasteiger partial charge in [0.1, 0.15) is 17.8 Å². The lowest BCUT2D eigenvalue weighted by atomic mass is 10.1. The van der Waals surface area contributed by atoms with Crippen LogP contribution in [-0.4, -0.2) is 35.7 Å². The van der Waals surface area contributed by atoms with E-state index in [9.17, 15) is 24.1 Å². The molecule has 1 fully saturated rings. The lowest BCUT2D eigenvalue weighted by Crippen LogP contribution is -2.24. The van der Waals surface area contributed by atoms with Crippen molar-refractivity contribution in [1.29, 1.82) is 0 Å². The van der Waals surface area contributed by atoms with Gasteiger partial charge in [-0.1, -0.05) is 12.1 Å². The van der Waals surface area contributed by atoms with E-state index >= 15 is 0 Å². The Morgan fingerprint density at radius 3 is 2.70 bits per heavy atom. The first-order valence-corrected chi connectivity index (χ1v) is 7.19. The van der Waals surface area contributed by atoms with Crippen molar-refractivity contribution >= 4 is 17.6 Å². The summed E-state index contributed by atoms with van der Waals surface area (Å²) in [6.07, 6.45) is -2.70. The van der Waals surface area contributed by atoms with Crippen LogP contribution in [0.15, 0.2) is 24.3 Å². The molecule has 0 heterocycles. The van der Waals surface area contributed by atoms with Gasteiger partial charge in [0.05, 0.1) is 17.4 Å². The van der Waals surface area contributed by atoms with Crippen LogP contribution in [0.25, 0.3) is 0 Å². The number of ether oxygens (including phenoxy) is 2. The normalized spacial score (nSPS) is 23.3. The number of para-hydroxylation sites is 1. The number of halogens is 1. The number of carbonyl (C=O) groups is 2. The number of nitro benzene ring substituents is 1. The second-order valence-corrected chi connectivity index (χ2v) is 5.15. The van der Waals surface area contributed by atoms with E-state index in [1.807, 2.05) is 0 Å². The number of hydrogen-bond donors (Lipinski definition) is 0. The van der Waals surface area contributed by atoms with E-state index in [1.165, 1.54) is 24.3 Å². The number of rotatable bonds is 5. The van der Waals surface area contributed by atoms with Crippen LogP contribution in [-0.2, 0) is 14.3 Å². The van der Waals surface area contributed by atoms with Crippen LogP contribution in [0.5, 0.6) is 0 Å². The van der Waals surface area contributed by atoms with Gasteiger partial charge >= 0.3 is 11.9 Å². The Balaban J connectivity index is 2.06. The van der Waals surface area contributed by atoms with Crippen molar-refractivity contribution in [3.63, 3.8) is 0 Å². The number of nitrogens with zero attached hydrogens (tertiary/aromatic N) is 1. The highest BCUT2D eigenvalue weighted by Gasteiger charge is 2.41. The topological polar surface area (TPSA) is 95.7 Å². The first-order chi connectivity index (χ1) is 10.9. The van der Waals surface area contributed by atoms with Gasteiger partial charge in [-0.05, 0) is 19.4 Å². The molecule has 23 heavy (non-hydrogen) atoms. The van der Waals surface area contributed by atoms with Gasteiger partial charge in [-0.25, -0.2) is 9.18 Å². The van der Waals surface area contributed by atoms with Gasteiger partial charge in [-0.3, -0.25) is 14.9 Å². The maximum Gasteiger partial charge on any atom is 0.345 e. The largest absolute Gasteiger partial charge is 0.466 e. The molecule has 8 heteroatoms. The third kappa shape index (κ3) is 3.82. The third-order valence-corrected chi connectivity index (χ3v) is 3.63. The van der Waals surface area contributed by atoms with Crippen molar-refractivity contribution in [2.75, 3.05) is 6.61 Å². The molecule has 0 N–H and O–H groups in total. The Kier molecular flexibility index (Phi) is 5.25. The standard InChI is InChI=1S/C15H16FNO6/c1-2-22-14(18)9-7-11(16)13(8-9)23-15(19)10-5-3-4-6-12(10)17(20)21/h3-6,9,11,13H,2,7-8H2,1H3/t9-,11+,13-/m1/s1. The number of benzene rings is 1. The number of hydrogen-bond acceptors (Lipinski definition) is 6. The predicted molar refractivity (Wildman–Crippen MR) is 76.6 cm³/mol. The minimum absolute atomic E-state index is 0.00632. The summed E-state index contributed by atoms with van der Waals surface area (Å²) < 4.78 is 23.8. The Morgan fingerprint density at radius 2 is 2.04 bits per heavy atom. The average Bonchev–Trinajstić information content (AvgIpc) is 2.88. The number of alkyl halides is 1. The average molecular weight is 325 g/mol. The minimum atomic E-state index is -1.50. The van der Waals surface area contributed by atoms with Gasteiger partial charge in [0, 0.05) is 12.5 Å². The van der Waals surface area contributed by atoms with E-state index in [0.717, 1.165) is 0 Å². The van der Waals surface area contributed by atoms with Crippen LogP contribution in [0.2, 0.25) is 0 Å². The Morgan fingerprint density at radius 1 is 1.35 bits per heavy atom. The van der Waals surface area contributed by atoms with Crippen LogP contribution in [0.1, 0.15) is 30.1 Å². The van der Waals surface area contributed by atoms with Crippen LogP contribution in [0.4, 0.5) is 10.1 Å². The first kappa shape index (κ1) is 16.9. The fourth-order valence-electron chi connectivity index (χ4n) is 2.53. The SMILES string of the molecule is CCOC(=O)[C@@H]1C[C@H](F)[C@H](OC(=O)c2ccccc2[N+](=O)[O-])C1. The van der Waals surface area contributed by atoms with E-state index in [-0.39, 0.29) is 25.0 Å². The molecule has 2 rings (SSSR count). The van der Waals surface area contributed by atoms with Gasteiger partial charge in [-0.15, -0.1) is 0 Å². The quantitative estimate of drug-likeness (QED) is 0.469. The molecule has 1 aliphatic rings. The third-order valence-electron chi connectivity index (χ3n) is 3.63. The van der Waals surface area contributed by atoms with Crippen LogP contribution < -0.4 is 0 Å². The number of nitro groups is 1. The molecule has 1 aliphatic carbocycles. The maximum absolute atomic E-state index is 14.0. The maximum atomic E-state index is 14.0. The van der Waals surface area contributed by atoms with Gasteiger partial charge < -0.3 is 9.47 Å². The molecule has 124 valence electrons. The second kappa shape index (κ2) is 7.17. The van der Waals surface area contributed by atoms with Gasteiger partial charge in [0.2, 0.25) is 0 Å². The summed E-state index contributed by atoms with van der Waals surface area (Å²) in [6.45, 7) is 1.83. The number of carbonyl (C=O) groups excluding carboxylic acids is 2. The summed E-state index contributed by atoms with van der Waals surface area (Å²) in [4.78, 5) is 33.9. The van der Waals surface area contributed by atoms with Crippen LogP contribution >= 0.6 is 0 Å². The van der Waals surface area contributed by atoms with Gasteiger partial charge in [-0.2, -0.15) is 0 Å². The fraction of sp³-hybridized carbons (Fsp3) is 0.467. The Bertz CT molecular complexity index is 620. The summed E-state index contributed by atoms with van der Waals surface area (Å²) in [5.74, 6) is -2.18. The zero-order chi connectivity index (χ0) is 17.0. The molecule has 1 aromatic carbocycles. The minimum Gasteiger partial charge on any atom is -0.466 e. The van der Waals surface area contributed by atoms with Crippen molar-refractivity contribution in [2.24, 2.45) is 5.92 Å². The van der Waals surface area contributed by atoms with E-state index < -0.39 is 40.7 Å². The molecule has 0 aliphatic heterocycles. The molecule has 0 radical (unpaired) electrons. The molecule has 0 spiro atoms. The molecular weight excluding hydrogens is 309 g/mol. The van der Waals surface area contributed by atoms with Crippen molar-refractivity contribution in [1.82, 2.24) is 0 Å². The molecule has 1 saturated carbocycles. The highest BCUT2D eigenvalue weighted by molar-refractivity contribution is 5.94. The fourth-order valence-corrected chi connectivity index (χ4v) is 2.53. The Hall–Kier alpha value is -2.51. The van der Waals surface area contributed by atoms with Gasteiger partial charge in [0.25, 0.3) is 5.69 Å². The molecule has 0 unspecified atom stereocenters. The van der Waals surface area contributed by atoms with Gasteiger partial charge in [0.15, 0.2) is 0 Å². The molecule has 0 amide bonds. The lowest BCUT2D eigenvalue weighted by molar-refractivity contribution is -0.385. The highest BCUT2D eigenvalue weighted by Crippen LogP contribution is 2.32. The van der Waals surface area contributed by atoms with E-state index in [1.54, 1.807) is 6.92 Å². The van der Waals surface area contributed by atoms with Crippen molar-refractivity contribution in [3.05, 3.63) is 39.9 Å². The summed E-state index contributed by atoms with van der Waals surface area (Å²) in [5, 5.41) is 10.9. The summed E-state index contributed by atoms with van der Waals surface area (Å²) in [5.41, 5.74) is -0.655. The summed E-state index contributed by atoms with van der Waals surface area (Å²) in [6, 6.07) is 5.27. The molecule has 3 atom stereocenters. The highest BCUT2D eigenvalue weighted by atomic mass is 19.1. The summed E-state index contributed by atoms with van der Waals surface area (Å²) in [7, 11) is 0. The summed E-state index contributed by atoms with van der Waals surface area (Å²) >= 11 is 0. The van der Waals surface area contributed by atoms with Crippen LogP contribution in [0.3, 0.4) is 0 Å². The zero-order valence-electron chi connectivity index (χ0n) is 12.4. The smallest absolute Gasteiger partial charge is 0.345 e. The second-order valence-electron chi connectivity index (χ2n) is 5.15. The van der Waals surface area contributed by atoms with E-state index in [0.29, 0.717) is 0 Å². The molecular formula is C15H16FNO6. The first-order valence-electron chi connectivity index (χ1n) is 7.19. The molecule has 7 nitrogen and oxygen atoms in total.